The third-order valence-corrected chi connectivity index (χ3v) is 3.91. The van der Waals surface area contributed by atoms with E-state index in [9.17, 15) is 4.79 Å². The summed E-state index contributed by atoms with van der Waals surface area (Å²) in [5.74, 6) is 0.548. The van der Waals surface area contributed by atoms with Crippen LogP contribution in [0.15, 0.2) is 46.1 Å². The summed E-state index contributed by atoms with van der Waals surface area (Å²) in [4.78, 5) is 11.8. The smallest absolute Gasteiger partial charge is 0.240 e. The van der Waals surface area contributed by atoms with Crippen LogP contribution in [-0.4, -0.2) is 16.6 Å². The topological polar surface area (TPSA) is 45.8 Å². The van der Waals surface area contributed by atoms with Crippen LogP contribution in [0, 0.1) is 0 Å². The monoisotopic (exact) mass is 322 g/mol. The summed E-state index contributed by atoms with van der Waals surface area (Å²) in [6.07, 6.45) is 2.12. The number of hydrazone groups is 1. The van der Waals surface area contributed by atoms with Crippen LogP contribution in [0.4, 0.5) is 0 Å². The van der Waals surface area contributed by atoms with E-state index < -0.39 is 0 Å². The summed E-state index contributed by atoms with van der Waals surface area (Å²) >= 11 is 12.2. The fourth-order valence-corrected chi connectivity index (χ4v) is 2.78. The van der Waals surface area contributed by atoms with Gasteiger partial charge in [0, 0.05) is 29.0 Å². The number of halogens is 2. The molecule has 1 amide bonds. The molecule has 1 aromatic heterocycles. The Hall–Kier alpha value is -1.78. The van der Waals surface area contributed by atoms with Gasteiger partial charge in [-0.2, -0.15) is 5.10 Å². The third kappa shape index (κ3) is 2.69. The molecule has 0 fully saturated rings. The van der Waals surface area contributed by atoms with E-state index in [1.165, 1.54) is 11.9 Å². The van der Waals surface area contributed by atoms with E-state index in [4.69, 9.17) is 27.6 Å². The van der Waals surface area contributed by atoms with Crippen molar-refractivity contribution in [1.82, 2.24) is 5.01 Å². The first-order valence-corrected chi connectivity index (χ1v) is 7.18. The number of amides is 1. The van der Waals surface area contributed by atoms with Gasteiger partial charge in [-0.05, 0) is 30.3 Å². The van der Waals surface area contributed by atoms with Crippen LogP contribution in [0.3, 0.4) is 0 Å². The Morgan fingerprint density at radius 1 is 1.38 bits per heavy atom. The molecule has 0 saturated carbocycles. The van der Waals surface area contributed by atoms with Crippen LogP contribution in [0.1, 0.15) is 30.7 Å². The van der Waals surface area contributed by atoms with Crippen molar-refractivity contribution in [3.05, 3.63) is 58.0 Å². The van der Waals surface area contributed by atoms with Gasteiger partial charge in [-0.1, -0.05) is 23.2 Å². The first-order valence-electron chi connectivity index (χ1n) is 6.42. The lowest BCUT2D eigenvalue weighted by Crippen LogP contribution is -2.23. The van der Waals surface area contributed by atoms with Gasteiger partial charge in [0.05, 0.1) is 12.0 Å². The van der Waals surface area contributed by atoms with Gasteiger partial charge in [-0.15, -0.1) is 0 Å². The molecule has 1 aliphatic heterocycles. The quantitative estimate of drug-likeness (QED) is 0.828. The van der Waals surface area contributed by atoms with Gasteiger partial charge in [0.25, 0.3) is 0 Å². The molecule has 1 atom stereocenters. The molecular formula is C15H12Cl2N2O2. The zero-order chi connectivity index (χ0) is 15.0. The van der Waals surface area contributed by atoms with Crippen LogP contribution >= 0.6 is 23.2 Å². The minimum Gasteiger partial charge on any atom is -0.467 e. The molecular weight excluding hydrogens is 311 g/mol. The number of furan rings is 1. The predicted octanol–water partition coefficient (Wildman–Crippen LogP) is 4.28. The molecule has 21 heavy (non-hydrogen) atoms. The second kappa shape index (κ2) is 5.54. The standard InChI is InChI=1S/C15H12Cl2N2O2/c1-9(20)19-14(15-3-2-6-21-15)8-13(18-19)11-7-10(16)4-5-12(11)17/h2-7,14H,8H2,1H3/t14-/m1/s1. The molecule has 0 radical (unpaired) electrons. The lowest BCUT2D eigenvalue weighted by molar-refractivity contribution is -0.130. The van der Waals surface area contributed by atoms with Crippen LogP contribution in [-0.2, 0) is 4.79 Å². The van der Waals surface area contributed by atoms with Crippen molar-refractivity contribution in [1.29, 1.82) is 0 Å². The Kier molecular flexibility index (Phi) is 3.74. The molecule has 0 spiro atoms. The van der Waals surface area contributed by atoms with E-state index in [2.05, 4.69) is 5.10 Å². The van der Waals surface area contributed by atoms with Crippen molar-refractivity contribution >= 4 is 34.8 Å². The number of carbonyl (C=O) groups excluding carboxylic acids is 1. The molecule has 3 rings (SSSR count). The van der Waals surface area contributed by atoms with Crippen molar-refractivity contribution < 1.29 is 9.21 Å². The van der Waals surface area contributed by atoms with Crippen LogP contribution in [0.2, 0.25) is 10.0 Å². The highest BCUT2D eigenvalue weighted by atomic mass is 35.5. The van der Waals surface area contributed by atoms with Gasteiger partial charge in [0.1, 0.15) is 11.8 Å². The molecule has 0 saturated heterocycles. The van der Waals surface area contributed by atoms with Gasteiger partial charge < -0.3 is 4.42 Å². The molecule has 0 unspecified atom stereocenters. The maximum Gasteiger partial charge on any atom is 0.240 e. The van der Waals surface area contributed by atoms with Crippen molar-refractivity contribution in [3.8, 4) is 0 Å². The van der Waals surface area contributed by atoms with Crippen LogP contribution in [0.5, 0.6) is 0 Å². The lowest BCUT2D eigenvalue weighted by atomic mass is 10.0. The van der Waals surface area contributed by atoms with E-state index in [0.29, 0.717) is 22.2 Å². The van der Waals surface area contributed by atoms with E-state index in [1.807, 2.05) is 6.07 Å². The highest BCUT2D eigenvalue weighted by Crippen LogP contribution is 2.35. The summed E-state index contributed by atoms with van der Waals surface area (Å²) in [5.41, 5.74) is 1.46. The molecule has 1 aliphatic rings. The fourth-order valence-electron chi connectivity index (χ4n) is 2.38. The summed E-state index contributed by atoms with van der Waals surface area (Å²) < 4.78 is 5.41. The zero-order valence-electron chi connectivity index (χ0n) is 11.2. The van der Waals surface area contributed by atoms with Gasteiger partial charge in [0.15, 0.2) is 0 Å². The highest BCUT2D eigenvalue weighted by Gasteiger charge is 2.33. The summed E-state index contributed by atoms with van der Waals surface area (Å²) in [5, 5.41) is 6.95. The summed E-state index contributed by atoms with van der Waals surface area (Å²) in [7, 11) is 0. The number of rotatable bonds is 2. The fraction of sp³-hybridized carbons (Fsp3) is 0.200. The molecule has 2 heterocycles. The van der Waals surface area contributed by atoms with Crippen molar-refractivity contribution in [2.45, 2.75) is 19.4 Å². The molecule has 0 aliphatic carbocycles. The van der Waals surface area contributed by atoms with Crippen molar-refractivity contribution in [3.63, 3.8) is 0 Å². The second-order valence-corrected chi connectivity index (χ2v) is 5.61. The van der Waals surface area contributed by atoms with Gasteiger partial charge in [-0.25, -0.2) is 5.01 Å². The number of benzene rings is 1. The van der Waals surface area contributed by atoms with Gasteiger partial charge >= 0.3 is 0 Å². The molecule has 0 bridgehead atoms. The summed E-state index contributed by atoms with van der Waals surface area (Å²) in [6, 6.07) is 8.57. The van der Waals surface area contributed by atoms with Gasteiger partial charge in [-0.3, -0.25) is 4.79 Å². The Morgan fingerprint density at radius 3 is 2.86 bits per heavy atom. The number of hydrogen-bond donors (Lipinski definition) is 0. The SMILES string of the molecule is CC(=O)N1N=C(c2cc(Cl)ccc2Cl)C[C@@H]1c1ccco1. The minimum absolute atomic E-state index is 0.149. The minimum atomic E-state index is -0.248. The van der Waals surface area contributed by atoms with Crippen LogP contribution < -0.4 is 0 Å². The number of nitrogens with zero attached hydrogens (tertiary/aromatic N) is 2. The second-order valence-electron chi connectivity index (χ2n) is 4.77. The predicted molar refractivity (Wildman–Crippen MR) is 81.6 cm³/mol. The lowest BCUT2D eigenvalue weighted by Gasteiger charge is -2.17. The largest absolute Gasteiger partial charge is 0.467 e. The Labute approximate surface area is 131 Å². The first kappa shape index (κ1) is 14.2. The normalized spacial score (nSPS) is 18.0. The maximum atomic E-state index is 11.8. The molecule has 1 aromatic carbocycles. The maximum absolute atomic E-state index is 11.8. The van der Waals surface area contributed by atoms with E-state index in [-0.39, 0.29) is 11.9 Å². The van der Waals surface area contributed by atoms with E-state index in [0.717, 1.165) is 11.3 Å². The Bertz CT molecular complexity index is 710. The van der Waals surface area contributed by atoms with Crippen molar-refractivity contribution in [2.24, 2.45) is 5.10 Å². The van der Waals surface area contributed by atoms with Crippen LogP contribution in [0.25, 0.3) is 0 Å². The number of carbonyl (C=O) groups is 1. The molecule has 4 nitrogen and oxygen atoms in total. The van der Waals surface area contributed by atoms with Crippen molar-refractivity contribution in [2.75, 3.05) is 0 Å². The number of hydrogen-bond acceptors (Lipinski definition) is 3. The molecule has 108 valence electrons. The van der Waals surface area contributed by atoms with Gasteiger partial charge in [0.2, 0.25) is 5.91 Å². The van der Waals surface area contributed by atoms with E-state index >= 15 is 0 Å². The Morgan fingerprint density at radius 2 is 2.19 bits per heavy atom. The highest BCUT2D eigenvalue weighted by molar-refractivity contribution is 6.36. The average molecular weight is 323 g/mol. The molecule has 2 aromatic rings. The third-order valence-electron chi connectivity index (χ3n) is 3.34. The Balaban J connectivity index is 1.99. The molecule has 0 N–H and O–H groups in total. The zero-order valence-corrected chi connectivity index (χ0v) is 12.7. The first-order chi connectivity index (χ1) is 10.1. The van der Waals surface area contributed by atoms with E-state index in [1.54, 1.807) is 30.5 Å². The average Bonchev–Trinajstić information content (AvgIpc) is 3.09. The molecule has 6 heteroatoms. The summed E-state index contributed by atoms with van der Waals surface area (Å²) in [6.45, 7) is 1.47.